The van der Waals surface area contributed by atoms with E-state index in [1.807, 2.05) is 47.0 Å². The zero-order valence-corrected chi connectivity index (χ0v) is 30.0. The maximum absolute atomic E-state index is 13.7. The van der Waals surface area contributed by atoms with E-state index in [0.29, 0.717) is 47.9 Å². The topological polar surface area (TPSA) is 155 Å². The van der Waals surface area contributed by atoms with Gasteiger partial charge in [-0.2, -0.15) is 10.4 Å². The van der Waals surface area contributed by atoms with Crippen molar-refractivity contribution in [2.24, 2.45) is 0 Å². The van der Waals surface area contributed by atoms with Crippen LogP contribution in [0.25, 0.3) is 11.3 Å². The van der Waals surface area contributed by atoms with Crippen LogP contribution in [0.2, 0.25) is 0 Å². The number of aromatic nitrogens is 5. The maximum atomic E-state index is 13.7. The number of ether oxygens (including phenoxy) is 2. The number of nitrogens with zero attached hydrogens (tertiary/aromatic N) is 7. The van der Waals surface area contributed by atoms with Gasteiger partial charge >= 0.3 is 6.03 Å². The Hall–Kier alpha value is -5.61. The molecule has 13 nitrogen and oxygen atoms in total. The highest BCUT2D eigenvalue weighted by atomic mass is 16.5. The van der Waals surface area contributed by atoms with Crippen molar-refractivity contribution in [3.05, 3.63) is 89.7 Å². The Balaban J connectivity index is 1.10. The second-order valence-electron chi connectivity index (χ2n) is 14.2. The fourth-order valence-corrected chi connectivity index (χ4v) is 7.32. The highest BCUT2D eigenvalue weighted by Gasteiger charge is 2.32. The van der Waals surface area contributed by atoms with E-state index in [1.54, 1.807) is 42.8 Å². The lowest BCUT2D eigenvalue weighted by Crippen LogP contribution is -2.44. The van der Waals surface area contributed by atoms with Gasteiger partial charge in [-0.15, -0.1) is 10.2 Å². The van der Waals surface area contributed by atoms with Gasteiger partial charge in [0.1, 0.15) is 30.0 Å². The Morgan fingerprint density at radius 2 is 1.77 bits per heavy atom. The number of hydrogen-bond acceptors (Lipinski definition) is 9. The van der Waals surface area contributed by atoms with Crippen molar-refractivity contribution in [1.29, 1.82) is 5.26 Å². The summed E-state index contributed by atoms with van der Waals surface area (Å²) in [4.78, 5) is 16.0. The number of carbonyl (C=O) groups excluding carboxylic acids is 1. The number of benzene rings is 2. The summed E-state index contributed by atoms with van der Waals surface area (Å²) in [7, 11) is 0. The van der Waals surface area contributed by atoms with E-state index >= 15 is 0 Å². The molecule has 2 aromatic carbocycles. The van der Waals surface area contributed by atoms with Gasteiger partial charge in [-0.25, -0.2) is 9.48 Å². The summed E-state index contributed by atoms with van der Waals surface area (Å²) in [5, 5.41) is 38.9. The smallest absolute Gasteiger partial charge is 0.320 e. The third kappa shape index (κ3) is 6.98. The molecule has 3 aromatic heterocycles. The fraction of sp³-hybridized carbons (Fsp3) is 0.410. The van der Waals surface area contributed by atoms with Crippen LogP contribution in [0.4, 0.5) is 16.6 Å². The monoisotopic (exact) mass is 703 g/mol. The predicted octanol–water partition coefficient (Wildman–Crippen LogP) is 6.63. The van der Waals surface area contributed by atoms with E-state index in [9.17, 15) is 15.2 Å². The number of rotatable bonds is 10. The minimum absolute atomic E-state index is 0.117. The summed E-state index contributed by atoms with van der Waals surface area (Å²) in [5.74, 6) is 2.51. The second kappa shape index (κ2) is 14.6. The fourth-order valence-electron chi connectivity index (χ4n) is 7.32. The van der Waals surface area contributed by atoms with E-state index in [4.69, 9.17) is 14.6 Å². The molecular weight excluding hydrogens is 658 g/mol. The molecule has 0 bridgehead atoms. The molecule has 13 heteroatoms. The molecule has 0 saturated carbocycles. The number of pyridine rings is 1. The van der Waals surface area contributed by atoms with Crippen LogP contribution in [0.3, 0.4) is 0 Å². The van der Waals surface area contributed by atoms with Crippen molar-refractivity contribution in [3.8, 4) is 23.3 Å². The number of amides is 2. The van der Waals surface area contributed by atoms with Crippen molar-refractivity contribution >= 4 is 23.4 Å². The minimum Gasteiger partial charge on any atom is -0.491 e. The quantitative estimate of drug-likeness (QED) is 0.145. The summed E-state index contributed by atoms with van der Waals surface area (Å²) in [6, 6.07) is 23.2. The SMILES string of the molecule is CC1CCCC(C)N1c1nnc2ccc(OC3CCC(NC(=O)Nc4cc(C(C)(C)C#N)nn4-c4cccc(OCCO)c4)c4ccccc43)cn12. The zero-order valence-electron chi connectivity index (χ0n) is 30.0. The van der Waals surface area contributed by atoms with Gasteiger partial charge in [0.05, 0.1) is 41.7 Å². The van der Waals surface area contributed by atoms with E-state index in [0.717, 1.165) is 41.3 Å². The molecule has 0 radical (unpaired) electrons. The normalized spacial score (nSPS) is 20.2. The molecule has 1 aliphatic heterocycles. The van der Waals surface area contributed by atoms with Crippen LogP contribution in [0, 0.1) is 11.3 Å². The standard InChI is InChI=1S/C39H45N9O4/c1-25-9-7-10-26(2)47(25)38-44-43-35-18-15-29(23-46(35)38)52-33-17-16-32(30-13-5-6-14-31(30)33)41-37(50)42-36-22-34(39(3,4)24-40)45-48(36)27-11-8-12-28(21-27)51-20-19-49/h5-6,8,11-15,18,21-23,25-26,32-33,49H,7,9-10,16-17,19-20H2,1-4H3,(H2,41,42,50). The lowest BCUT2D eigenvalue weighted by molar-refractivity contribution is 0.171. The molecule has 5 aromatic rings. The average molecular weight is 704 g/mol. The molecule has 1 saturated heterocycles. The number of anilines is 2. The van der Waals surface area contributed by atoms with Gasteiger partial charge in [0.25, 0.3) is 0 Å². The van der Waals surface area contributed by atoms with Crippen molar-refractivity contribution in [2.75, 3.05) is 23.4 Å². The van der Waals surface area contributed by atoms with Gasteiger partial charge in [0.15, 0.2) is 5.65 Å². The summed E-state index contributed by atoms with van der Waals surface area (Å²) >= 11 is 0. The van der Waals surface area contributed by atoms with Crippen LogP contribution in [0.5, 0.6) is 11.5 Å². The Morgan fingerprint density at radius 3 is 2.54 bits per heavy atom. The number of hydrogen-bond donors (Lipinski definition) is 3. The first-order valence-electron chi connectivity index (χ1n) is 18.0. The number of piperidine rings is 1. The molecule has 1 fully saturated rings. The average Bonchev–Trinajstić information content (AvgIpc) is 3.76. The zero-order chi connectivity index (χ0) is 36.4. The van der Waals surface area contributed by atoms with Gasteiger partial charge in [0.2, 0.25) is 5.95 Å². The molecule has 2 amide bonds. The van der Waals surface area contributed by atoms with Crippen molar-refractivity contribution in [3.63, 3.8) is 0 Å². The van der Waals surface area contributed by atoms with Crippen LogP contribution in [-0.4, -0.2) is 60.8 Å². The number of nitriles is 1. The third-order valence-electron chi connectivity index (χ3n) is 10.1. The van der Waals surface area contributed by atoms with Crippen molar-refractivity contribution < 1.29 is 19.4 Å². The van der Waals surface area contributed by atoms with E-state index in [1.165, 1.54) is 6.42 Å². The highest BCUT2D eigenvalue weighted by molar-refractivity contribution is 5.89. The van der Waals surface area contributed by atoms with E-state index in [2.05, 4.69) is 51.7 Å². The molecule has 1 aliphatic carbocycles. The summed E-state index contributed by atoms with van der Waals surface area (Å²) in [5.41, 5.74) is 3.02. The van der Waals surface area contributed by atoms with Crippen LogP contribution in [0.15, 0.2) is 72.9 Å². The minimum atomic E-state index is -0.897. The molecule has 7 rings (SSSR count). The molecule has 52 heavy (non-hydrogen) atoms. The molecule has 4 unspecified atom stereocenters. The number of carbonyl (C=O) groups is 1. The Morgan fingerprint density at radius 1 is 0.981 bits per heavy atom. The Labute approximate surface area is 303 Å². The molecule has 2 aliphatic rings. The van der Waals surface area contributed by atoms with Gasteiger partial charge in [-0.1, -0.05) is 30.3 Å². The molecule has 4 heterocycles. The van der Waals surface area contributed by atoms with Gasteiger partial charge in [-0.3, -0.25) is 9.72 Å². The van der Waals surface area contributed by atoms with Crippen LogP contribution < -0.4 is 25.0 Å². The summed E-state index contributed by atoms with van der Waals surface area (Å²) in [6.45, 7) is 8.08. The largest absolute Gasteiger partial charge is 0.491 e. The number of aliphatic hydroxyl groups is 1. The second-order valence-corrected chi connectivity index (χ2v) is 14.2. The van der Waals surface area contributed by atoms with Crippen LogP contribution >= 0.6 is 0 Å². The molecule has 270 valence electrons. The Bertz CT molecular complexity index is 2090. The summed E-state index contributed by atoms with van der Waals surface area (Å²) in [6.07, 6.45) is 6.59. The molecule has 3 N–H and O–H groups in total. The Kier molecular flexibility index (Phi) is 9.75. The maximum Gasteiger partial charge on any atom is 0.320 e. The van der Waals surface area contributed by atoms with E-state index < -0.39 is 11.4 Å². The first-order chi connectivity index (χ1) is 25.1. The first-order valence-corrected chi connectivity index (χ1v) is 18.0. The molecular formula is C39H45N9O4. The third-order valence-corrected chi connectivity index (χ3v) is 10.1. The first kappa shape index (κ1) is 34.8. The number of fused-ring (bicyclic) bond motifs is 2. The lowest BCUT2D eigenvalue weighted by atomic mass is 9.85. The molecule has 0 spiro atoms. The predicted molar refractivity (Wildman–Crippen MR) is 197 cm³/mol. The number of nitrogens with one attached hydrogen (secondary N) is 2. The van der Waals surface area contributed by atoms with Gasteiger partial charge in [0, 0.05) is 24.2 Å². The summed E-state index contributed by atoms with van der Waals surface area (Å²) < 4.78 is 15.9. The number of urea groups is 1. The van der Waals surface area contributed by atoms with Crippen molar-refractivity contribution in [1.82, 2.24) is 29.7 Å². The van der Waals surface area contributed by atoms with E-state index in [-0.39, 0.29) is 25.4 Å². The van der Waals surface area contributed by atoms with Gasteiger partial charge < -0.3 is 24.8 Å². The van der Waals surface area contributed by atoms with Crippen LogP contribution in [-0.2, 0) is 5.41 Å². The van der Waals surface area contributed by atoms with Crippen LogP contribution in [0.1, 0.15) is 88.8 Å². The van der Waals surface area contributed by atoms with Crippen molar-refractivity contribution in [2.45, 2.75) is 89.4 Å². The lowest BCUT2D eigenvalue weighted by Gasteiger charge is -2.39. The number of aliphatic hydroxyl groups excluding tert-OH is 1. The highest BCUT2D eigenvalue weighted by Crippen LogP contribution is 2.39. The van der Waals surface area contributed by atoms with Gasteiger partial charge in [-0.05, 0) is 95.2 Å². The molecule has 4 atom stereocenters.